The molecular weight excluding hydrogens is 420 g/mol. The zero-order chi connectivity index (χ0) is 23.8. The number of carbonyl (C=O) groups is 1. The lowest BCUT2D eigenvalue weighted by Crippen LogP contribution is -2.59. The van der Waals surface area contributed by atoms with Gasteiger partial charge in [-0.15, -0.1) is 0 Å². The molecule has 1 rings (SSSR count). The number of hydrogen-bond donors (Lipinski definition) is 5. The van der Waals surface area contributed by atoms with Crippen LogP contribution in [0.1, 0.15) is 84.0 Å². The normalized spacial score (nSPS) is 26.8. The second-order valence-corrected chi connectivity index (χ2v) is 8.65. The highest BCUT2D eigenvalue weighted by Gasteiger charge is 2.44. The van der Waals surface area contributed by atoms with E-state index in [4.69, 9.17) is 19.3 Å². The Hall–Kier alpha value is -0.810. The second-order valence-electron chi connectivity index (χ2n) is 8.65. The van der Waals surface area contributed by atoms with Crippen LogP contribution in [0.15, 0.2) is 0 Å². The summed E-state index contributed by atoms with van der Waals surface area (Å²) in [5, 5.41) is 48.4. The van der Waals surface area contributed by atoms with E-state index in [0.717, 1.165) is 19.3 Å². The molecule has 9 nitrogen and oxygen atoms in total. The highest BCUT2D eigenvalue weighted by molar-refractivity contribution is 5.69. The first-order valence-corrected chi connectivity index (χ1v) is 12.2. The van der Waals surface area contributed by atoms with Gasteiger partial charge in [0.05, 0.1) is 13.2 Å². The van der Waals surface area contributed by atoms with E-state index in [1.54, 1.807) is 0 Å². The molecule has 6 atom stereocenters. The number of carbonyl (C=O) groups excluding carboxylic acids is 1. The van der Waals surface area contributed by atoms with E-state index in [9.17, 15) is 25.2 Å². The van der Waals surface area contributed by atoms with Crippen LogP contribution in [0.5, 0.6) is 0 Å². The number of esters is 1. The Balaban J connectivity index is 2.03. The first-order valence-electron chi connectivity index (χ1n) is 12.2. The second kappa shape index (κ2) is 17.6. The monoisotopic (exact) mass is 464 g/mol. The van der Waals surface area contributed by atoms with Gasteiger partial charge in [-0.25, -0.2) is 0 Å². The fourth-order valence-electron chi connectivity index (χ4n) is 3.65. The zero-order valence-corrected chi connectivity index (χ0v) is 19.4. The Morgan fingerprint density at radius 2 is 1.41 bits per heavy atom. The van der Waals surface area contributed by atoms with Gasteiger partial charge in [-0.05, 0) is 6.42 Å². The molecule has 1 aliphatic heterocycles. The van der Waals surface area contributed by atoms with Gasteiger partial charge in [-0.2, -0.15) is 0 Å². The summed E-state index contributed by atoms with van der Waals surface area (Å²) in [7, 11) is 0. The van der Waals surface area contributed by atoms with Gasteiger partial charge in [0.1, 0.15) is 37.1 Å². The van der Waals surface area contributed by atoms with Gasteiger partial charge >= 0.3 is 5.97 Å². The van der Waals surface area contributed by atoms with Crippen molar-refractivity contribution in [1.82, 2.24) is 0 Å². The topological polar surface area (TPSA) is 146 Å². The van der Waals surface area contributed by atoms with Gasteiger partial charge in [-0.3, -0.25) is 4.79 Å². The van der Waals surface area contributed by atoms with Crippen molar-refractivity contribution in [3.8, 4) is 0 Å². The number of hydrogen-bond acceptors (Lipinski definition) is 9. The molecule has 0 saturated carbocycles. The van der Waals surface area contributed by atoms with Gasteiger partial charge in [0.2, 0.25) is 0 Å². The molecule has 1 saturated heterocycles. The lowest BCUT2D eigenvalue weighted by Gasteiger charge is -2.39. The molecule has 0 radical (unpaired) electrons. The van der Waals surface area contributed by atoms with E-state index in [1.807, 2.05) is 0 Å². The summed E-state index contributed by atoms with van der Waals surface area (Å²) >= 11 is 0. The molecule has 0 bridgehead atoms. The van der Waals surface area contributed by atoms with Crippen LogP contribution in [-0.2, 0) is 19.0 Å². The third-order valence-electron chi connectivity index (χ3n) is 5.72. The molecule has 3 unspecified atom stereocenters. The molecule has 1 fully saturated rings. The predicted molar refractivity (Wildman–Crippen MR) is 118 cm³/mol. The third-order valence-corrected chi connectivity index (χ3v) is 5.72. The van der Waals surface area contributed by atoms with Gasteiger partial charge in [0.25, 0.3) is 0 Å². The van der Waals surface area contributed by atoms with Gasteiger partial charge in [-0.1, -0.05) is 71.1 Å². The predicted octanol–water partition coefficient (Wildman–Crippen LogP) is 1.41. The summed E-state index contributed by atoms with van der Waals surface area (Å²) in [5.74, 6) is -0.382. The van der Waals surface area contributed by atoms with E-state index in [0.29, 0.717) is 6.42 Å². The highest BCUT2D eigenvalue weighted by Crippen LogP contribution is 2.22. The Bertz CT molecular complexity index is 474. The maximum absolute atomic E-state index is 11.8. The summed E-state index contributed by atoms with van der Waals surface area (Å²) in [5.41, 5.74) is 0. The van der Waals surface area contributed by atoms with Crippen molar-refractivity contribution in [2.45, 2.75) is 121 Å². The van der Waals surface area contributed by atoms with Crippen molar-refractivity contribution < 1.29 is 44.5 Å². The minimum absolute atomic E-state index is 0.256. The Kier molecular flexibility index (Phi) is 16.1. The van der Waals surface area contributed by atoms with Crippen molar-refractivity contribution in [2.24, 2.45) is 0 Å². The molecule has 190 valence electrons. The van der Waals surface area contributed by atoms with Crippen LogP contribution in [0.2, 0.25) is 0 Å². The van der Waals surface area contributed by atoms with Crippen LogP contribution in [0.4, 0.5) is 0 Å². The fourth-order valence-corrected chi connectivity index (χ4v) is 3.65. The summed E-state index contributed by atoms with van der Waals surface area (Å²) < 4.78 is 15.4. The average molecular weight is 465 g/mol. The molecule has 5 N–H and O–H groups in total. The average Bonchev–Trinajstić information content (AvgIpc) is 2.79. The van der Waals surface area contributed by atoms with Crippen LogP contribution >= 0.6 is 0 Å². The van der Waals surface area contributed by atoms with Gasteiger partial charge < -0.3 is 39.7 Å². The molecule has 0 aromatic carbocycles. The van der Waals surface area contributed by atoms with Gasteiger partial charge in [0.15, 0.2) is 6.29 Å². The van der Waals surface area contributed by atoms with E-state index in [2.05, 4.69) is 6.92 Å². The van der Waals surface area contributed by atoms with Gasteiger partial charge in [0, 0.05) is 6.42 Å². The van der Waals surface area contributed by atoms with Crippen LogP contribution in [0.3, 0.4) is 0 Å². The maximum Gasteiger partial charge on any atom is 0.305 e. The molecule has 0 spiro atoms. The van der Waals surface area contributed by atoms with E-state index >= 15 is 0 Å². The molecular formula is C23H44O9. The van der Waals surface area contributed by atoms with Crippen LogP contribution in [0, 0.1) is 0 Å². The minimum Gasteiger partial charge on any atom is -0.463 e. The lowest BCUT2D eigenvalue weighted by molar-refractivity contribution is -0.305. The summed E-state index contributed by atoms with van der Waals surface area (Å²) in [6, 6.07) is 0. The van der Waals surface area contributed by atoms with E-state index in [-0.39, 0.29) is 19.2 Å². The molecule has 1 heterocycles. The zero-order valence-electron chi connectivity index (χ0n) is 19.4. The quantitative estimate of drug-likeness (QED) is 0.150. The summed E-state index contributed by atoms with van der Waals surface area (Å²) in [6.07, 6.45) is 5.36. The van der Waals surface area contributed by atoms with Crippen molar-refractivity contribution in [3.63, 3.8) is 0 Å². The van der Waals surface area contributed by atoms with Crippen molar-refractivity contribution in [1.29, 1.82) is 0 Å². The third kappa shape index (κ3) is 11.9. The number of rotatable bonds is 18. The maximum atomic E-state index is 11.8. The van der Waals surface area contributed by atoms with E-state index in [1.165, 1.54) is 51.4 Å². The van der Waals surface area contributed by atoms with Crippen LogP contribution in [-0.4, -0.2) is 88.1 Å². The van der Waals surface area contributed by atoms with Crippen LogP contribution in [0.25, 0.3) is 0 Å². The Morgan fingerprint density at radius 1 is 0.844 bits per heavy atom. The molecule has 0 aliphatic carbocycles. The lowest BCUT2D eigenvalue weighted by atomic mass is 9.99. The Labute approximate surface area is 191 Å². The van der Waals surface area contributed by atoms with Crippen molar-refractivity contribution in [2.75, 3.05) is 19.8 Å². The molecule has 1 aliphatic rings. The van der Waals surface area contributed by atoms with E-state index < -0.39 is 43.4 Å². The largest absolute Gasteiger partial charge is 0.463 e. The summed E-state index contributed by atoms with van der Waals surface area (Å²) in [4.78, 5) is 11.8. The number of aliphatic hydroxyl groups is 5. The number of unbranched alkanes of at least 4 members (excludes halogenated alkanes) is 10. The SMILES string of the molecule is CCCCCCCCCCCCCC(=O)OCC(O)CO[C@@H]1OC(CO)[C@H](O)C(O)[C@@H]1O. The standard InChI is InChI=1S/C23H44O9/c1-2-3-4-5-6-7-8-9-10-11-12-13-19(26)30-15-17(25)16-31-23-22(29)21(28)20(27)18(14-24)32-23/h17-18,20-25,27-29H,2-16H2,1H3/t17?,18?,20-,21?,22-,23+/m0/s1. The number of ether oxygens (including phenoxy) is 3. The first-order chi connectivity index (χ1) is 15.4. The molecule has 0 aromatic heterocycles. The smallest absolute Gasteiger partial charge is 0.305 e. The van der Waals surface area contributed by atoms with Crippen LogP contribution < -0.4 is 0 Å². The number of aliphatic hydroxyl groups excluding tert-OH is 5. The molecule has 32 heavy (non-hydrogen) atoms. The minimum atomic E-state index is -1.55. The molecule has 0 aromatic rings. The van der Waals surface area contributed by atoms with Crippen molar-refractivity contribution in [3.05, 3.63) is 0 Å². The van der Waals surface area contributed by atoms with Crippen molar-refractivity contribution >= 4 is 5.97 Å². The summed E-state index contributed by atoms with van der Waals surface area (Å²) in [6.45, 7) is 1.09. The fraction of sp³-hybridized carbons (Fsp3) is 0.957. The molecule has 9 heteroatoms. The highest BCUT2D eigenvalue weighted by atomic mass is 16.7. The Morgan fingerprint density at radius 3 is 1.97 bits per heavy atom. The first kappa shape index (κ1) is 29.2. The molecule has 0 amide bonds.